The molecule has 1 atom stereocenters. The molecule has 0 saturated heterocycles. The molecule has 4 rings (SSSR count). The molecule has 1 fully saturated rings. The van der Waals surface area contributed by atoms with Crippen molar-refractivity contribution in [1.29, 1.82) is 0 Å². The lowest BCUT2D eigenvalue weighted by Crippen LogP contribution is -2.15. The predicted octanol–water partition coefficient (Wildman–Crippen LogP) is 3.04. The van der Waals surface area contributed by atoms with Gasteiger partial charge in [0.15, 0.2) is 11.1 Å². The molecule has 18 heavy (non-hydrogen) atoms. The van der Waals surface area contributed by atoms with Gasteiger partial charge in [-0.15, -0.1) is 0 Å². The van der Waals surface area contributed by atoms with Gasteiger partial charge in [0.1, 0.15) is 0 Å². The maximum Gasteiger partial charge on any atom is 0.160 e. The van der Waals surface area contributed by atoms with Crippen LogP contribution in [0.2, 0.25) is 0 Å². The molecule has 1 spiro atoms. The van der Waals surface area contributed by atoms with Crippen molar-refractivity contribution in [3.05, 3.63) is 34.4 Å². The van der Waals surface area contributed by atoms with Gasteiger partial charge >= 0.3 is 0 Å². The predicted molar refractivity (Wildman–Crippen MR) is 71.4 cm³/mol. The Balaban J connectivity index is 1.72. The Bertz CT molecular complexity index is 530. The topological polar surface area (TPSA) is 26.3 Å². The fourth-order valence-electron chi connectivity index (χ4n) is 4.04. The molecule has 0 radical (unpaired) electrons. The molecule has 0 aromatic heterocycles. The van der Waals surface area contributed by atoms with Gasteiger partial charge in [-0.25, -0.2) is 4.21 Å². The zero-order chi connectivity index (χ0) is 12.2. The van der Waals surface area contributed by atoms with Crippen LogP contribution in [0.5, 0.6) is 0 Å². The summed E-state index contributed by atoms with van der Waals surface area (Å²) in [5.41, 5.74) is 6.16. The van der Waals surface area contributed by atoms with Crippen molar-refractivity contribution in [2.75, 3.05) is 0 Å². The van der Waals surface area contributed by atoms with Gasteiger partial charge in [0, 0.05) is 0 Å². The molecule has 1 unspecified atom stereocenters. The third-order valence-corrected chi connectivity index (χ3v) is 5.86. The molecule has 1 aromatic carbocycles. The highest BCUT2D eigenvalue weighted by Crippen LogP contribution is 2.49. The number of rotatable bonds is 0. The molecule has 1 aliphatic heterocycles. The summed E-state index contributed by atoms with van der Waals surface area (Å²) < 4.78 is 16.7. The van der Waals surface area contributed by atoms with Crippen molar-refractivity contribution < 1.29 is 8.39 Å². The van der Waals surface area contributed by atoms with Crippen molar-refractivity contribution in [2.45, 2.75) is 50.9 Å². The van der Waals surface area contributed by atoms with Crippen LogP contribution in [0.25, 0.3) is 0 Å². The molecular weight excluding hydrogens is 244 g/mol. The van der Waals surface area contributed by atoms with E-state index in [4.69, 9.17) is 4.18 Å². The van der Waals surface area contributed by atoms with E-state index in [1.54, 1.807) is 0 Å². The fraction of sp³-hybridized carbons (Fsp3) is 0.600. The summed E-state index contributed by atoms with van der Waals surface area (Å²) in [5.74, 6) is 0.579. The molecule has 0 N–H and O–H groups in total. The summed E-state index contributed by atoms with van der Waals surface area (Å²) in [6.07, 6.45) is 8.12. The van der Waals surface area contributed by atoms with Crippen LogP contribution in [-0.4, -0.2) is 4.21 Å². The van der Waals surface area contributed by atoms with Crippen LogP contribution in [0.15, 0.2) is 12.1 Å². The van der Waals surface area contributed by atoms with Gasteiger partial charge in [-0.3, -0.25) is 4.18 Å². The minimum Gasteiger partial charge on any atom is -0.285 e. The molecule has 1 heterocycles. The molecule has 1 aromatic rings. The van der Waals surface area contributed by atoms with E-state index >= 15 is 0 Å². The molecule has 1 saturated carbocycles. The van der Waals surface area contributed by atoms with Crippen LogP contribution >= 0.6 is 0 Å². The Labute approximate surface area is 110 Å². The Kier molecular flexibility index (Phi) is 2.43. The van der Waals surface area contributed by atoms with Crippen LogP contribution in [0.4, 0.5) is 0 Å². The van der Waals surface area contributed by atoms with Gasteiger partial charge in [-0.05, 0) is 53.4 Å². The summed E-state index contributed by atoms with van der Waals surface area (Å²) >= 11 is -1.11. The Morgan fingerprint density at radius 2 is 1.67 bits per heavy atom. The zero-order valence-electron chi connectivity index (χ0n) is 10.5. The summed E-state index contributed by atoms with van der Waals surface area (Å²) in [6.45, 7) is 0.530. The maximum atomic E-state index is 11.5. The first-order chi connectivity index (χ1) is 8.74. The number of hydrogen-bond acceptors (Lipinski definition) is 2. The third kappa shape index (κ3) is 1.68. The smallest absolute Gasteiger partial charge is 0.160 e. The molecule has 2 aliphatic carbocycles. The maximum absolute atomic E-state index is 11.5. The summed E-state index contributed by atoms with van der Waals surface area (Å²) in [5, 5.41) is 0. The average molecular weight is 262 g/mol. The lowest BCUT2D eigenvalue weighted by Gasteiger charge is -2.21. The van der Waals surface area contributed by atoms with Gasteiger partial charge in [0.2, 0.25) is 0 Å². The lowest BCUT2D eigenvalue weighted by atomic mass is 9.83. The second-order valence-electron chi connectivity index (χ2n) is 6.16. The van der Waals surface area contributed by atoms with Gasteiger partial charge in [0.25, 0.3) is 0 Å². The van der Waals surface area contributed by atoms with E-state index in [2.05, 4.69) is 12.1 Å². The molecule has 3 aliphatic rings. The Morgan fingerprint density at radius 3 is 2.39 bits per heavy atom. The van der Waals surface area contributed by atoms with Crippen molar-refractivity contribution in [1.82, 2.24) is 0 Å². The van der Waals surface area contributed by atoms with Crippen LogP contribution < -0.4 is 0 Å². The van der Waals surface area contributed by atoms with E-state index in [-0.39, 0.29) is 0 Å². The van der Waals surface area contributed by atoms with Gasteiger partial charge < -0.3 is 0 Å². The average Bonchev–Trinajstić information content (AvgIpc) is 2.93. The fourth-order valence-corrected chi connectivity index (χ4v) is 4.90. The van der Waals surface area contributed by atoms with E-state index in [1.807, 2.05) is 0 Å². The first-order valence-electron chi connectivity index (χ1n) is 6.89. The summed E-state index contributed by atoms with van der Waals surface area (Å²) in [4.78, 5) is 0. The largest absolute Gasteiger partial charge is 0.285 e. The van der Waals surface area contributed by atoms with E-state index < -0.39 is 11.1 Å². The number of hydrogen-bond donors (Lipinski definition) is 0. The summed E-state index contributed by atoms with van der Waals surface area (Å²) in [7, 11) is 0. The molecule has 96 valence electrons. The Morgan fingerprint density at radius 1 is 1.00 bits per heavy atom. The zero-order valence-corrected chi connectivity index (χ0v) is 11.4. The van der Waals surface area contributed by atoms with E-state index in [0.717, 1.165) is 0 Å². The number of fused-ring (bicyclic) bond motifs is 2. The minimum absolute atomic E-state index is 0.530. The quantitative estimate of drug-likeness (QED) is 0.718. The van der Waals surface area contributed by atoms with Crippen molar-refractivity contribution in [3.63, 3.8) is 0 Å². The van der Waals surface area contributed by atoms with E-state index in [0.29, 0.717) is 17.8 Å². The normalized spacial score (nSPS) is 28.3. The van der Waals surface area contributed by atoms with Crippen molar-refractivity contribution >= 4 is 11.1 Å². The van der Waals surface area contributed by atoms with Crippen LogP contribution in [0.1, 0.15) is 47.9 Å². The molecule has 2 nitrogen and oxygen atoms in total. The van der Waals surface area contributed by atoms with Gasteiger partial charge in [0.05, 0.1) is 12.4 Å². The lowest BCUT2D eigenvalue weighted by molar-refractivity contribution is 0.317. The van der Waals surface area contributed by atoms with Crippen LogP contribution in [0, 0.1) is 5.41 Å². The monoisotopic (exact) mass is 262 g/mol. The summed E-state index contributed by atoms with van der Waals surface area (Å²) in [6, 6.07) is 4.65. The van der Waals surface area contributed by atoms with Crippen molar-refractivity contribution in [2.24, 2.45) is 5.41 Å². The Hall–Kier alpha value is -0.670. The molecular formula is C15H18O2S. The highest BCUT2D eigenvalue weighted by atomic mass is 32.2. The molecule has 0 bridgehead atoms. The van der Waals surface area contributed by atoms with E-state index in [9.17, 15) is 4.21 Å². The SMILES string of the molecule is O=S1Cc2cc3c(cc2CO1)CC1(CCCC1)C3. The third-order valence-electron chi connectivity index (χ3n) is 4.94. The number of benzene rings is 1. The van der Waals surface area contributed by atoms with Gasteiger partial charge in [-0.1, -0.05) is 25.0 Å². The first-order valence-corrected chi connectivity index (χ1v) is 8.14. The highest BCUT2D eigenvalue weighted by molar-refractivity contribution is 7.79. The minimum atomic E-state index is -1.11. The molecule has 0 amide bonds. The van der Waals surface area contributed by atoms with Crippen molar-refractivity contribution in [3.8, 4) is 0 Å². The molecule has 3 heteroatoms. The standard InChI is InChI=1S/C15H18O2S/c16-18-10-14-6-12-8-15(3-1-2-4-15)7-11(12)5-13(14)9-17-18/h5-6H,1-4,7-10H2. The highest BCUT2D eigenvalue weighted by Gasteiger charge is 2.39. The van der Waals surface area contributed by atoms with Crippen LogP contribution in [-0.2, 0) is 40.5 Å². The van der Waals surface area contributed by atoms with E-state index in [1.165, 1.54) is 60.8 Å². The first kappa shape index (κ1) is 11.2. The van der Waals surface area contributed by atoms with Gasteiger partial charge in [-0.2, -0.15) is 0 Å². The second-order valence-corrected chi connectivity index (χ2v) is 7.29. The second kappa shape index (κ2) is 3.91. The van der Waals surface area contributed by atoms with Crippen LogP contribution in [0.3, 0.4) is 0 Å².